The lowest BCUT2D eigenvalue weighted by atomic mass is 10.4. The first kappa shape index (κ1) is 10.8. The molecule has 1 heterocycles. The Balaban J connectivity index is 2.25. The zero-order chi connectivity index (χ0) is 10.6. The van der Waals surface area contributed by atoms with Crippen LogP contribution >= 0.6 is 11.3 Å². The van der Waals surface area contributed by atoms with Crippen molar-refractivity contribution < 1.29 is 4.79 Å². The summed E-state index contributed by atoms with van der Waals surface area (Å²) in [6.07, 6.45) is 2.06. The molecule has 1 amide bonds. The maximum Gasteiger partial charge on any atom is 0.223 e. The van der Waals surface area contributed by atoms with Crippen LogP contribution in [0.15, 0.2) is 6.20 Å². The van der Waals surface area contributed by atoms with Gasteiger partial charge in [0.2, 0.25) is 5.91 Å². The van der Waals surface area contributed by atoms with Crippen molar-refractivity contribution in [2.24, 2.45) is 0 Å². The molecule has 5 nitrogen and oxygen atoms in total. The second kappa shape index (κ2) is 4.80. The fourth-order valence-electron chi connectivity index (χ4n) is 0.868. The number of thiazole rings is 1. The molecule has 1 rings (SSSR count). The lowest BCUT2D eigenvalue weighted by Gasteiger charge is -2.09. The van der Waals surface area contributed by atoms with Crippen LogP contribution in [0.5, 0.6) is 0 Å². The fourth-order valence-corrected chi connectivity index (χ4v) is 1.48. The van der Waals surface area contributed by atoms with Crippen molar-refractivity contribution in [3.05, 3.63) is 6.20 Å². The molecule has 0 unspecified atom stereocenters. The molecule has 3 N–H and O–H groups in total. The van der Waals surface area contributed by atoms with Crippen molar-refractivity contribution in [1.29, 1.82) is 0 Å². The molecule has 0 aliphatic heterocycles. The Bertz CT molecular complexity index is 310. The Morgan fingerprint density at radius 1 is 1.71 bits per heavy atom. The van der Waals surface area contributed by atoms with Crippen molar-refractivity contribution in [2.75, 3.05) is 31.7 Å². The van der Waals surface area contributed by atoms with Gasteiger partial charge in [-0.25, -0.2) is 4.98 Å². The maximum atomic E-state index is 11.2. The number of nitrogen functional groups attached to an aromatic ring is 1. The van der Waals surface area contributed by atoms with Crippen molar-refractivity contribution >= 4 is 27.4 Å². The summed E-state index contributed by atoms with van der Waals surface area (Å²) in [6.45, 7) is 0.587. The smallest absolute Gasteiger partial charge is 0.223 e. The average Bonchev–Trinajstić information content (AvgIpc) is 2.51. The molecule has 0 bridgehead atoms. The Hall–Kier alpha value is -1.30. The van der Waals surface area contributed by atoms with E-state index in [0.29, 0.717) is 18.0 Å². The molecule has 78 valence electrons. The van der Waals surface area contributed by atoms with E-state index in [2.05, 4.69) is 10.3 Å². The van der Waals surface area contributed by atoms with E-state index in [1.165, 1.54) is 11.3 Å². The average molecular weight is 214 g/mol. The van der Waals surface area contributed by atoms with Gasteiger partial charge in [-0.1, -0.05) is 11.3 Å². The Morgan fingerprint density at radius 2 is 2.43 bits per heavy atom. The van der Waals surface area contributed by atoms with Crippen LogP contribution in [-0.2, 0) is 4.79 Å². The molecule has 0 aliphatic carbocycles. The highest BCUT2D eigenvalue weighted by Gasteiger charge is 2.03. The van der Waals surface area contributed by atoms with E-state index in [-0.39, 0.29) is 5.91 Å². The van der Waals surface area contributed by atoms with E-state index in [4.69, 9.17) is 5.73 Å². The molecule has 0 radical (unpaired) electrons. The highest BCUT2D eigenvalue weighted by molar-refractivity contribution is 7.19. The van der Waals surface area contributed by atoms with Crippen LogP contribution in [0.2, 0.25) is 0 Å². The number of nitrogens with one attached hydrogen (secondary N) is 1. The first-order valence-corrected chi connectivity index (χ1v) is 5.06. The van der Waals surface area contributed by atoms with Gasteiger partial charge < -0.3 is 16.0 Å². The first-order chi connectivity index (χ1) is 6.59. The number of amides is 1. The van der Waals surface area contributed by atoms with Crippen LogP contribution in [0.4, 0.5) is 10.1 Å². The van der Waals surface area contributed by atoms with E-state index in [9.17, 15) is 4.79 Å². The van der Waals surface area contributed by atoms with Crippen molar-refractivity contribution in [3.8, 4) is 0 Å². The molecular weight excluding hydrogens is 200 g/mol. The van der Waals surface area contributed by atoms with Gasteiger partial charge in [0.15, 0.2) is 5.13 Å². The number of anilines is 2. The summed E-state index contributed by atoms with van der Waals surface area (Å²) in [5.41, 5.74) is 5.50. The van der Waals surface area contributed by atoms with Gasteiger partial charge in [0.1, 0.15) is 5.00 Å². The molecule has 0 aromatic carbocycles. The molecule has 0 aliphatic rings. The van der Waals surface area contributed by atoms with Gasteiger partial charge in [0.05, 0.1) is 6.20 Å². The van der Waals surface area contributed by atoms with Crippen molar-refractivity contribution in [1.82, 2.24) is 9.88 Å². The SMILES string of the molecule is CN(C)C(=O)CCNc1ncc(N)s1. The van der Waals surface area contributed by atoms with Crippen molar-refractivity contribution in [3.63, 3.8) is 0 Å². The number of nitrogens with zero attached hydrogens (tertiary/aromatic N) is 2. The van der Waals surface area contributed by atoms with E-state index < -0.39 is 0 Å². The quantitative estimate of drug-likeness (QED) is 0.770. The Kier molecular flexibility index (Phi) is 3.70. The van der Waals surface area contributed by atoms with Gasteiger partial charge in [-0.05, 0) is 0 Å². The number of hydrogen-bond acceptors (Lipinski definition) is 5. The van der Waals surface area contributed by atoms with Crippen LogP contribution in [0, 0.1) is 0 Å². The number of carbonyl (C=O) groups is 1. The molecule has 6 heteroatoms. The predicted molar refractivity (Wildman–Crippen MR) is 58.3 cm³/mol. The fraction of sp³-hybridized carbons (Fsp3) is 0.500. The minimum atomic E-state index is 0.0991. The largest absolute Gasteiger partial charge is 0.389 e. The number of hydrogen-bond donors (Lipinski definition) is 2. The molecule has 0 spiro atoms. The second-order valence-electron chi connectivity index (χ2n) is 3.03. The highest BCUT2D eigenvalue weighted by atomic mass is 32.1. The second-order valence-corrected chi connectivity index (χ2v) is 4.09. The topological polar surface area (TPSA) is 71.2 Å². The van der Waals surface area contributed by atoms with E-state index >= 15 is 0 Å². The normalized spacial score (nSPS) is 9.86. The van der Waals surface area contributed by atoms with Crippen LogP contribution in [-0.4, -0.2) is 36.4 Å². The van der Waals surface area contributed by atoms with E-state index in [1.54, 1.807) is 25.2 Å². The Morgan fingerprint density at radius 3 is 2.93 bits per heavy atom. The molecule has 1 aromatic rings. The summed E-state index contributed by atoms with van der Waals surface area (Å²) < 4.78 is 0. The zero-order valence-corrected chi connectivity index (χ0v) is 9.10. The summed E-state index contributed by atoms with van der Waals surface area (Å²) in [7, 11) is 3.48. The number of aromatic nitrogens is 1. The molecule has 0 saturated heterocycles. The van der Waals surface area contributed by atoms with Crippen LogP contribution in [0.25, 0.3) is 0 Å². The van der Waals surface area contributed by atoms with Gasteiger partial charge in [-0.15, -0.1) is 0 Å². The van der Waals surface area contributed by atoms with Crippen LogP contribution < -0.4 is 11.1 Å². The monoisotopic (exact) mass is 214 g/mol. The lowest BCUT2D eigenvalue weighted by Crippen LogP contribution is -2.23. The molecule has 1 aromatic heterocycles. The summed E-state index contributed by atoms with van der Waals surface area (Å²) in [5, 5.41) is 4.46. The standard InChI is InChI=1S/C8H14N4OS/c1-12(2)7(13)3-4-10-8-11-5-6(9)14-8/h5H,3-4,9H2,1-2H3,(H,10,11). The molecule has 0 atom stereocenters. The van der Waals surface area contributed by atoms with Gasteiger partial charge >= 0.3 is 0 Å². The summed E-state index contributed by atoms with van der Waals surface area (Å²) >= 11 is 1.38. The number of nitrogens with two attached hydrogens (primary N) is 1. The molecular formula is C8H14N4OS. The van der Waals surface area contributed by atoms with Crippen LogP contribution in [0.1, 0.15) is 6.42 Å². The highest BCUT2D eigenvalue weighted by Crippen LogP contribution is 2.19. The Labute approximate surface area is 86.9 Å². The van der Waals surface area contributed by atoms with E-state index in [0.717, 1.165) is 5.13 Å². The third-order valence-corrected chi connectivity index (χ3v) is 2.42. The predicted octanol–water partition coefficient (Wildman–Crippen LogP) is 0.615. The summed E-state index contributed by atoms with van der Waals surface area (Å²) in [5.74, 6) is 0.0991. The number of carbonyl (C=O) groups excluding carboxylic acids is 1. The molecule has 0 fully saturated rings. The van der Waals surface area contributed by atoms with Gasteiger partial charge in [-0.2, -0.15) is 0 Å². The summed E-state index contributed by atoms with van der Waals surface area (Å²) in [6, 6.07) is 0. The van der Waals surface area contributed by atoms with E-state index in [1.807, 2.05) is 0 Å². The summed E-state index contributed by atoms with van der Waals surface area (Å²) in [4.78, 5) is 16.8. The first-order valence-electron chi connectivity index (χ1n) is 4.25. The maximum absolute atomic E-state index is 11.2. The third kappa shape index (κ3) is 3.21. The molecule has 0 saturated carbocycles. The minimum absolute atomic E-state index is 0.0991. The van der Waals surface area contributed by atoms with Gasteiger partial charge in [0, 0.05) is 27.1 Å². The lowest BCUT2D eigenvalue weighted by molar-refractivity contribution is -0.128. The van der Waals surface area contributed by atoms with Crippen LogP contribution in [0.3, 0.4) is 0 Å². The van der Waals surface area contributed by atoms with Gasteiger partial charge in [0.25, 0.3) is 0 Å². The zero-order valence-electron chi connectivity index (χ0n) is 8.28. The number of rotatable bonds is 4. The minimum Gasteiger partial charge on any atom is -0.389 e. The molecule has 14 heavy (non-hydrogen) atoms. The third-order valence-electron chi connectivity index (χ3n) is 1.64. The van der Waals surface area contributed by atoms with Gasteiger partial charge in [-0.3, -0.25) is 4.79 Å². The van der Waals surface area contributed by atoms with Crippen molar-refractivity contribution in [2.45, 2.75) is 6.42 Å².